The standard InChI is InChI=1S/C19H30O6/c1-16-5-7-17(8-6-16)24-14-13-22-10-9-21-11-12-23-15-18(20)25-19(2,3)4/h5-8H,9-15H2,1-4H3. The monoisotopic (exact) mass is 354 g/mol. The van der Waals surface area contributed by atoms with Crippen LogP contribution in [0.5, 0.6) is 5.75 Å². The summed E-state index contributed by atoms with van der Waals surface area (Å²) in [4.78, 5) is 11.4. The molecule has 6 heteroatoms. The van der Waals surface area contributed by atoms with E-state index in [4.69, 9.17) is 23.7 Å². The summed E-state index contributed by atoms with van der Waals surface area (Å²) in [7, 11) is 0. The van der Waals surface area contributed by atoms with Gasteiger partial charge in [-0.05, 0) is 39.8 Å². The molecule has 0 heterocycles. The lowest BCUT2D eigenvalue weighted by atomic mass is 10.2. The Hall–Kier alpha value is -1.63. The van der Waals surface area contributed by atoms with Crippen LogP contribution in [0.4, 0.5) is 0 Å². The van der Waals surface area contributed by atoms with E-state index in [1.807, 2.05) is 52.0 Å². The van der Waals surface area contributed by atoms with Crippen LogP contribution in [0.3, 0.4) is 0 Å². The molecule has 1 aromatic carbocycles. The van der Waals surface area contributed by atoms with Crippen molar-refractivity contribution in [3.8, 4) is 5.75 Å². The van der Waals surface area contributed by atoms with Gasteiger partial charge in [-0.1, -0.05) is 17.7 Å². The Morgan fingerprint density at radius 3 is 1.92 bits per heavy atom. The van der Waals surface area contributed by atoms with Crippen LogP contribution in [0.15, 0.2) is 24.3 Å². The predicted molar refractivity (Wildman–Crippen MR) is 95.0 cm³/mol. The predicted octanol–water partition coefficient (Wildman–Crippen LogP) is 2.77. The van der Waals surface area contributed by atoms with Gasteiger partial charge in [0.15, 0.2) is 0 Å². The molecule has 0 unspecified atom stereocenters. The van der Waals surface area contributed by atoms with Crippen molar-refractivity contribution in [3.63, 3.8) is 0 Å². The fraction of sp³-hybridized carbons (Fsp3) is 0.632. The summed E-state index contributed by atoms with van der Waals surface area (Å²) in [6, 6.07) is 7.90. The average Bonchev–Trinajstić information content (AvgIpc) is 2.52. The number of hydrogen-bond acceptors (Lipinski definition) is 6. The van der Waals surface area contributed by atoms with Crippen LogP contribution < -0.4 is 4.74 Å². The Morgan fingerprint density at radius 2 is 1.36 bits per heavy atom. The second kappa shape index (κ2) is 11.8. The second-order valence-corrected chi connectivity index (χ2v) is 6.53. The molecule has 0 N–H and O–H groups in total. The molecule has 0 fully saturated rings. The molecule has 0 spiro atoms. The van der Waals surface area contributed by atoms with E-state index in [1.165, 1.54) is 5.56 Å². The van der Waals surface area contributed by atoms with Gasteiger partial charge in [0.05, 0.1) is 33.0 Å². The van der Waals surface area contributed by atoms with Gasteiger partial charge in [0.1, 0.15) is 24.6 Å². The molecule has 0 atom stereocenters. The maximum absolute atomic E-state index is 11.4. The number of hydrogen-bond donors (Lipinski definition) is 0. The fourth-order valence-corrected chi connectivity index (χ4v) is 1.82. The van der Waals surface area contributed by atoms with E-state index in [9.17, 15) is 4.79 Å². The van der Waals surface area contributed by atoms with E-state index in [1.54, 1.807) is 0 Å². The van der Waals surface area contributed by atoms with Gasteiger partial charge in [-0.3, -0.25) is 0 Å². The van der Waals surface area contributed by atoms with Crippen LogP contribution in [-0.2, 0) is 23.7 Å². The molecule has 0 bridgehead atoms. The van der Waals surface area contributed by atoms with Gasteiger partial charge < -0.3 is 23.7 Å². The van der Waals surface area contributed by atoms with Crippen LogP contribution in [0, 0.1) is 6.92 Å². The minimum absolute atomic E-state index is 0.0620. The summed E-state index contributed by atoms with van der Waals surface area (Å²) < 4.78 is 26.6. The molecule has 0 aliphatic rings. The van der Waals surface area contributed by atoms with Crippen molar-refractivity contribution in [1.82, 2.24) is 0 Å². The van der Waals surface area contributed by atoms with Crippen molar-refractivity contribution in [2.75, 3.05) is 46.2 Å². The molecular formula is C19H30O6. The zero-order valence-electron chi connectivity index (χ0n) is 15.7. The van der Waals surface area contributed by atoms with Gasteiger partial charge >= 0.3 is 5.97 Å². The van der Waals surface area contributed by atoms with Crippen molar-refractivity contribution >= 4 is 5.97 Å². The molecule has 0 amide bonds. The summed E-state index contributed by atoms with van der Waals surface area (Å²) in [6.45, 7) is 10.2. The van der Waals surface area contributed by atoms with E-state index >= 15 is 0 Å². The molecule has 0 radical (unpaired) electrons. The van der Waals surface area contributed by atoms with Gasteiger partial charge in [-0.15, -0.1) is 0 Å². The van der Waals surface area contributed by atoms with Crippen LogP contribution in [0.25, 0.3) is 0 Å². The van der Waals surface area contributed by atoms with Gasteiger partial charge in [0, 0.05) is 0 Å². The van der Waals surface area contributed by atoms with E-state index in [2.05, 4.69) is 0 Å². The van der Waals surface area contributed by atoms with E-state index in [-0.39, 0.29) is 12.6 Å². The largest absolute Gasteiger partial charge is 0.491 e. The fourth-order valence-electron chi connectivity index (χ4n) is 1.82. The molecule has 1 rings (SSSR count). The summed E-state index contributed by atoms with van der Waals surface area (Å²) in [6.07, 6.45) is 0. The third-order valence-corrected chi connectivity index (χ3v) is 2.90. The SMILES string of the molecule is Cc1ccc(OCCOCCOCCOCC(=O)OC(C)(C)C)cc1. The molecule has 142 valence electrons. The number of carbonyl (C=O) groups is 1. The Kier molecular flexibility index (Phi) is 10.1. The first-order valence-electron chi connectivity index (χ1n) is 8.51. The molecule has 0 aliphatic carbocycles. The van der Waals surface area contributed by atoms with Crippen molar-refractivity contribution in [2.45, 2.75) is 33.3 Å². The highest BCUT2D eigenvalue weighted by Crippen LogP contribution is 2.10. The van der Waals surface area contributed by atoms with Crippen LogP contribution in [-0.4, -0.2) is 57.8 Å². The van der Waals surface area contributed by atoms with Crippen molar-refractivity contribution in [2.24, 2.45) is 0 Å². The van der Waals surface area contributed by atoms with E-state index in [0.717, 1.165) is 5.75 Å². The number of benzene rings is 1. The van der Waals surface area contributed by atoms with Crippen molar-refractivity contribution in [1.29, 1.82) is 0 Å². The molecule has 0 aliphatic heterocycles. The molecule has 1 aromatic rings. The lowest BCUT2D eigenvalue weighted by Crippen LogP contribution is -2.27. The van der Waals surface area contributed by atoms with Crippen LogP contribution in [0.2, 0.25) is 0 Å². The molecule has 0 saturated heterocycles. The number of esters is 1. The molecule has 25 heavy (non-hydrogen) atoms. The highest BCUT2D eigenvalue weighted by atomic mass is 16.6. The first-order chi connectivity index (χ1) is 11.9. The smallest absolute Gasteiger partial charge is 0.332 e. The lowest BCUT2D eigenvalue weighted by Gasteiger charge is -2.19. The summed E-state index contributed by atoms with van der Waals surface area (Å²) >= 11 is 0. The first kappa shape index (κ1) is 21.4. The van der Waals surface area contributed by atoms with Gasteiger partial charge in [0.2, 0.25) is 0 Å². The quantitative estimate of drug-likeness (QED) is 0.425. The van der Waals surface area contributed by atoms with Crippen LogP contribution in [0.1, 0.15) is 26.3 Å². The number of carbonyl (C=O) groups excluding carboxylic acids is 1. The number of aryl methyl sites for hydroxylation is 1. The van der Waals surface area contributed by atoms with Gasteiger partial charge in [-0.2, -0.15) is 0 Å². The zero-order valence-corrected chi connectivity index (χ0v) is 15.7. The van der Waals surface area contributed by atoms with Gasteiger partial charge in [-0.25, -0.2) is 4.79 Å². The lowest BCUT2D eigenvalue weighted by molar-refractivity contribution is -0.160. The molecule has 0 saturated carbocycles. The molecular weight excluding hydrogens is 324 g/mol. The minimum atomic E-state index is -0.489. The van der Waals surface area contributed by atoms with E-state index in [0.29, 0.717) is 39.6 Å². The zero-order chi connectivity index (χ0) is 18.5. The van der Waals surface area contributed by atoms with Crippen molar-refractivity contribution < 1.29 is 28.5 Å². The van der Waals surface area contributed by atoms with E-state index < -0.39 is 5.60 Å². The molecule has 0 aromatic heterocycles. The van der Waals surface area contributed by atoms with Crippen molar-refractivity contribution in [3.05, 3.63) is 29.8 Å². The number of rotatable bonds is 12. The second-order valence-electron chi connectivity index (χ2n) is 6.53. The first-order valence-corrected chi connectivity index (χ1v) is 8.51. The summed E-state index contributed by atoms with van der Waals surface area (Å²) in [5.74, 6) is 0.469. The number of ether oxygens (including phenoxy) is 5. The highest BCUT2D eigenvalue weighted by Gasteiger charge is 2.15. The van der Waals surface area contributed by atoms with Crippen LogP contribution >= 0.6 is 0 Å². The summed E-state index contributed by atoms with van der Waals surface area (Å²) in [5.41, 5.74) is 0.716. The van der Waals surface area contributed by atoms with Gasteiger partial charge in [0.25, 0.3) is 0 Å². The highest BCUT2D eigenvalue weighted by molar-refractivity contribution is 5.71. The third-order valence-electron chi connectivity index (χ3n) is 2.90. The molecule has 6 nitrogen and oxygen atoms in total. The maximum Gasteiger partial charge on any atom is 0.332 e. The maximum atomic E-state index is 11.4. The Bertz CT molecular complexity index is 478. The summed E-state index contributed by atoms with van der Waals surface area (Å²) in [5, 5.41) is 0. The average molecular weight is 354 g/mol. The Balaban J connectivity index is 1.86. The topological polar surface area (TPSA) is 63.2 Å². The third kappa shape index (κ3) is 12.4. The Labute approximate surface area is 150 Å². The minimum Gasteiger partial charge on any atom is -0.491 e. The normalized spacial score (nSPS) is 11.4. The Morgan fingerprint density at radius 1 is 0.840 bits per heavy atom.